The van der Waals surface area contributed by atoms with Crippen LogP contribution in [0.15, 0.2) is 29.2 Å². The van der Waals surface area contributed by atoms with Crippen molar-refractivity contribution in [3.8, 4) is 0 Å². The molecule has 0 aromatic heterocycles. The van der Waals surface area contributed by atoms with Crippen molar-refractivity contribution in [2.24, 2.45) is 0 Å². The van der Waals surface area contributed by atoms with Gasteiger partial charge in [-0.2, -0.15) is 4.72 Å². The highest BCUT2D eigenvalue weighted by Gasteiger charge is 2.30. The first-order chi connectivity index (χ1) is 12.3. The zero-order valence-electron chi connectivity index (χ0n) is 16.1. The Kier molecular flexibility index (Phi) is 7.67. The zero-order chi connectivity index (χ0) is 20.8. The molecule has 0 heterocycles. The van der Waals surface area contributed by atoms with Crippen LogP contribution in [0.4, 0.5) is 0 Å². The van der Waals surface area contributed by atoms with Gasteiger partial charge in [0.25, 0.3) is 0 Å². The average Bonchev–Trinajstić information content (AvgIpc) is 2.52. The Morgan fingerprint density at radius 2 is 1.74 bits per heavy atom. The Labute approximate surface area is 159 Å². The Balaban J connectivity index is 3.05. The number of esters is 1. The molecule has 0 aliphatic carbocycles. The maximum absolute atomic E-state index is 12.6. The number of aldehydes is 1. The first kappa shape index (κ1) is 22.8. The van der Waals surface area contributed by atoms with Crippen LogP contribution in [-0.4, -0.2) is 44.3 Å². The third-order valence-corrected chi connectivity index (χ3v) is 4.80. The first-order valence-electron chi connectivity index (χ1n) is 8.40. The van der Waals surface area contributed by atoms with Gasteiger partial charge in [-0.1, -0.05) is 17.7 Å². The molecule has 2 atom stereocenters. The fraction of sp³-hybridized carbons (Fsp3) is 0.500. The van der Waals surface area contributed by atoms with Crippen LogP contribution in [0.25, 0.3) is 0 Å². The van der Waals surface area contributed by atoms with Gasteiger partial charge in [0.05, 0.1) is 17.4 Å². The number of sulfonamides is 1. The summed E-state index contributed by atoms with van der Waals surface area (Å²) in [7, 11) is -4.06. The number of hydrogen-bond donors (Lipinski definition) is 2. The number of amides is 1. The molecule has 0 fully saturated rings. The zero-order valence-corrected chi connectivity index (χ0v) is 16.9. The molecular weight excluding hydrogens is 372 g/mol. The fourth-order valence-electron chi connectivity index (χ4n) is 2.07. The molecule has 0 saturated carbocycles. The molecule has 1 amide bonds. The van der Waals surface area contributed by atoms with Crippen LogP contribution in [0, 0.1) is 6.92 Å². The molecule has 2 N–H and O–H groups in total. The molecule has 1 rings (SSSR count). The third-order valence-electron chi connectivity index (χ3n) is 3.31. The second-order valence-corrected chi connectivity index (χ2v) is 8.92. The van der Waals surface area contributed by atoms with E-state index in [4.69, 9.17) is 4.74 Å². The second kappa shape index (κ2) is 9.09. The van der Waals surface area contributed by atoms with Crippen molar-refractivity contribution in [1.29, 1.82) is 0 Å². The van der Waals surface area contributed by atoms with Crippen molar-refractivity contribution in [3.63, 3.8) is 0 Å². The molecule has 0 bridgehead atoms. The number of nitrogens with one attached hydrogen (secondary N) is 2. The minimum atomic E-state index is -4.06. The Bertz CT molecular complexity index is 781. The summed E-state index contributed by atoms with van der Waals surface area (Å²) in [5, 5.41) is 2.34. The Hall–Kier alpha value is -2.26. The van der Waals surface area contributed by atoms with Crippen molar-refractivity contribution >= 4 is 28.2 Å². The maximum atomic E-state index is 12.6. The molecule has 27 heavy (non-hydrogen) atoms. The van der Waals surface area contributed by atoms with E-state index < -0.39 is 46.0 Å². The Morgan fingerprint density at radius 3 is 2.22 bits per heavy atom. The molecule has 1 aromatic carbocycles. The van der Waals surface area contributed by atoms with E-state index in [1.165, 1.54) is 19.1 Å². The third kappa shape index (κ3) is 7.88. The van der Waals surface area contributed by atoms with Gasteiger partial charge in [0, 0.05) is 0 Å². The molecule has 1 aromatic rings. The molecule has 0 aliphatic heterocycles. The van der Waals surface area contributed by atoms with E-state index in [9.17, 15) is 22.8 Å². The topological polar surface area (TPSA) is 119 Å². The highest BCUT2D eigenvalue weighted by atomic mass is 32.2. The predicted octanol–water partition coefficient (Wildman–Crippen LogP) is 1.08. The van der Waals surface area contributed by atoms with E-state index in [2.05, 4.69) is 10.0 Å². The highest BCUT2D eigenvalue weighted by Crippen LogP contribution is 2.13. The SMILES string of the molecule is Cc1ccc(S(=O)(=O)N[C@H](CC(=O)OC(C)(C)C)C(=O)NC(C)C=O)cc1. The van der Waals surface area contributed by atoms with Gasteiger partial charge in [-0.25, -0.2) is 8.42 Å². The monoisotopic (exact) mass is 398 g/mol. The number of carbonyl (C=O) groups excluding carboxylic acids is 3. The van der Waals surface area contributed by atoms with Gasteiger partial charge in [-0.05, 0) is 46.8 Å². The lowest BCUT2D eigenvalue weighted by atomic mass is 10.1. The van der Waals surface area contributed by atoms with E-state index in [1.54, 1.807) is 32.9 Å². The maximum Gasteiger partial charge on any atom is 0.308 e. The normalized spacial score (nSPS) is 14.1. The number of aryl methyl sites for hydroxylation is 1. The van der Waals surface area contributed by atoms with Crippen LogP contribution < -0.4 is 10.0 Å². The number of benzene rings is 1. The minimum Gasteiger partial charge on any atom is -0.460 e. The van der Waals surface area contributed by atoms with Gasteiger partial charge in [-0.3, -0.25) is 9.59 Å². The average molecular weight is 398 g/mol. The summed E-state index contributed by atoms with van der Waals surface area (Å²) in [5.41, 5.74) is 0.0844. The van der Waals surface area contributed by atoms with Crippen molar-refractivity contribution in [3.05, 3.63) is 29.8 Å². The number of carbonyl (C=O) groups is 3. The van der Waals surface area contributed by atoms with Gasteiger partial charge < -0.3 is 14.8 Å². The molecular formula is C18H26N2O6S. The second-order valence-electron chi connectivity index (χ2n) is 7.21. The molecule has 0 radical (unpaired) electrons. The summed E-state index contributed by atoms with van der Waals surface area (Å²) < 4.78 is 32.5. The quantitative estimate of drug-likeness (QED) is 0.500. The lowest BCUT2D eigenvalue weighted by molar-refractivity contribution is -0.156. The summed E-state index contributed by atoms with van der Waals surface area (Å²) >= 11 is 0. The fourth-order valence-corrected chi connectivity index (χ4v) is 3.26. The molecule has 0 spiro atoms. The molecule has 9 heteroatoms. The van der Waals surface area contributed by atoms with Gasteiger partial charge in [0.1, 0.15) is 17.9 Å². The van der Waals surface area contributed by atoms with Crippen LogP contribution in [0.2, 0.25) is 0 Å². The lowest BCUT2D eigenvalue weighted by Crippen LogP contribution is -2.50. The van der Waals surface area contributed by atoms with E-state index in [1.807, 2.05) is 6.92 Å². The molecule has 150 valence electrons. The van der Waals surface area contributed by atoms with Gasteiger partial charge in [0.2, 0.25) is 15.9 Å². The van der Waals surface area contributed by atoms with E-state index in [-0.39, 0.29) is 4.90 Å². The van der Waals surface area contributed by atoms with Crippen LogP contribution >= 0.6 is 0 Å². The summed E-state index contributed by atoms with van der Waals surface area (Å²) in [6.07, 6.45) is -0.0172. The smallest absolute Gasteiger partial charge is 0.308 e. The highest BCUT2D eigenvalue weighted by molar-refractivity contribution is 7.89. The minimum absolute atomic E-state index is 0.0430. The van der Waals surface area contributed by atoms with Crippen molar-refractivity contribution < 1.29 is 27.5 Å². The van der Waals surface area contributed by atoms with Crippen molar-refractivity contribution in [2.45, 2.75) is 63.6 Å². The molecule has 0 aliphatic rings. The summed E-state index contributed by atoms with van der Waals surface area (Å²) in [6.45, 7) is 8.22. The van der Waals surface area contributed by atoms with Gasteiger partial charge in [-0.15, -0.1) is 0 Å². The van der Waals surface area contributed by atoms with E-state index >= 15 is 0 Å². The molecule has 1 unspecified atom stereocenters. The predicted molar refractivity (Wildman–Crippen MR) is 99.4 cm³/mol. The largest absolute Gasteiger partial charge is 0.460 e. The standard InChI is InChI=1S/C18H26N2O6S/c1-12-6-8-14(9-7-12)27(24,25)20-15(17(23)19-13(2)11-21)10-16(22)26-18(3,4)5/h6-9,11,13,15,20H,10H2,1-5H3,(H,19,23)/t13?,15-/m1/s1. The van der Waals surface area contributed by atoms with Crippen LogP contribution in [0.5, 0.6) is 0 Å². The summed E-state index contributed by atoms with van der Waals surface area (Å²) in [5.74, 6) is -1.54. The summed E-state index contributed by atoms with van der Waals surface area (Å²) in [6, 6.07) is 3.77. The van der Waals surface area contributed by atoms with E-state index in [0.29, 0.717) is 6.29 Å². The number of ether oxygens (including phenoxy) is 1. The van der Waals surface area contributed by atoms with Gasteiger partial charge in [0.15, 0.2) is 0 Å². The van der Waals surface area contributed by atoms with Gasteiger partial charge >= 0.3 is 5.97 Å². The Morgan fingerprint density at radius 1 is 1.19 bits per heavy atom. The van der Waals surface area contributed by atoms with Crippen molar-refractivity contribution in [2.75, 3.05) is 0 Å². The summed E-state index contributed by atoms with van der Waals surface area (Å²) in [4.78, 5) is 35.2. The first-order valence-corrected chi connectivity index (χ1v) is 9.89. The van der Waals surface area contributed by atoms with Crippen LogP contribution in [-0.2, 0) is 29.1 Å². The van der Waals surface area contributed by atoms with E-state index in [0.717, 1.165) is 5.56 Å². The molecule has 8 nitrogen and oxygen atoms in total. The molecule has 0 saturated heterocycles. The lowest BCUT2D eigenvalue weighted by Gasteiger charge is -2.23. The van der Waals surface area contributed by atoms with Crippen molar-refractivity contribution in [1.82, 2.24) is 10.0 Å². The number of hydrogen-bond acceptors (Lipinski definition) is 6. The van der Waals surface area contributed by atoms with Crippen LogP contribution in [0.1, 0.15) is 39.7 Å². The van der Waals surface area contributed by atoms with Crippen LogP contribution in [0.3, 0.4) is 0 Å². The number of rotatable bonds is 8.